The SMILES string of the molecule is CC(=O)c1cccc(NC(=O)c2ccc(C(=O)Nc3c(C)cccc3C)cc2)c1. The van der Waals surface area contributed by atoms with Crippen molar-refractivity contribution in [2.24, 2.45) is 0 Å². The average Bonchev–Trinajstić information content (AvgIpc) is 2.71. The molecule has 0 unspecified atom stereocenters. The highest BCUT2D eigenvalue weighted by Gasteiger charge is 2.12. The van der Waals surface area contributed by atoms with Gasteiger partial charge in [0.15, 0.2) is 5.78 Å². The van der Waals surface area contributed by atoms with E-state index in [9.17, 15) is 14.4 Å². The van der Waals surface area contributed by atoms with Gasteiger partial charge in [0.05, 0.1) is 0 Å². The van der Waals surface area contributed by atoms with E-state index in [1.807, 2.05) is 32.0 Å². The Balaban J connectivity index is 1.71. The van der Waals surface area contributed by atoms with E-state index in [4.69, 9.17) is 0 Å². The summed E-state index contributed by atoms with van der Waals surface area (Å²) in [5.41, 5.74) is 4.72. The number of nitrogens with one attached hydrogen (secondary N) is 2. The van der Waals surface area contributed by atoms with Gasteiger partial charge in [-0.05, 0) is 68.3 Å². The van der Waals surface area contributed by atoms with Crippen LogP contribution in [0.5, 0.6) is 0 Å². The Morgan fingerprint density at radius 2 is 1.17 bits per heavy atom. The maximum absolute atomic E-state index is 12.5. The number of rotatable bonds is 5. The van der Waals surface area contributed by atoms with Gasteiger partial charge in [-0.25, -0.2) is 0 Å². The van der Waals surface area contributed by atoms with Gasteiger partial charge < -0.3 is 10.6 Å². The van der Waals surface area contributed by atoms with Crippen LogP contribution in [0.2, 0.25) is 0 Å². The van der Waals surface area contributed by atoms with Crippen molar-refractivity contribution < 1.29 is 14.4 Å². The van der Waals surface area contributed by atoms with Gasteiger partial charge in [-0.2, -0.15) is 0 Å². The van der Waals surface area contributed by atoms with Gasteiger partial charge in [-0.3, -0.25) is 14.4 Å². The third-order valence-electron chi connectivity index (χ3n) is 4.66. The highest BCUT2D eigenvalue weighted by molar-refractivity contribution is 6.08. The molecular formula is C24H22N2O3. The van der Waals surface area contributed by atoms with Crippen LogP contribution in [-0.2, 0) is 0 Å². The molecule has 0 radical (unpaired) electrons. The Labute approximate surface area is 169 Å². The molecule has 3 rings (SSSR count). The largest absolute Gasteiger partial charge is 0.322 e. The second-order valence-corrected chi connectivity index (χ2v) is 6.89. The molecule has 5 heteroatoms. The fraction of sp³-hybridized carbons (Fsp3) is 0.125. The maximum atomic E-state index is 12.5. The van der Waals surface area contributed by atoms with Crippen molar-refractivity contribution in [1.82, 2.24) is 0 Å². The zero-order valence-electron chi connectivity index (χ0n) is 16.6. The highest BCUT2D eigenvalue weighted by atomic mass is 16.2. The van der Waals surface area contributed by atoms with E-state index < -0.39 is 0 Å². The number of para-hydroxylation sites is 1. The minimum atomic E-state index is -0.313. The van der Waals surface area contributed by atoms with Crippen LogP contribution in [-0.4, -0.2) is 17.6 Å². The lowest BCUT2D eigenvalue weighted by Crippen LogP contribution is -2.15. The van der Waals surface area contributed by atoms with E-state index in [1.165, 1.54) is 6.92 Å². The molecule has 29 heavy (non-hydrogen) atoms. The van der Waals surface area contributed by atoms with E-state index >= 15 is 0 Å². The van der Waals surface area contributed by atoms with Crippen molar-refractivity contribution in [3.05, 3.63) is 94.5 Å². The van der Waals surface area contributed by atoms with E-state index in [2.05, 4.69) is 10.6 Å². The quantitative estimate of drug-likeness (QED) is 0.605. The molecule has 0 bridgehead atoms. The topological polar surface area (TPSA) is 75.3 Å². The third-order valence-corrected chi connectivity index (χ3v) is 4.66. The number of benzene rings is 3. The number of aryl methyl sites for hydroxylation is 2. The summed E-state index contributed by atoms with van der Waals surface area (Å²) in [6.07, 6.45) is 0. The molecule has 0 atom stereocenters. The van der Waals surface area contributed by atoms with Crippen LogP contribution in [0.4, 0.5) is 11.4 Å². The molecule has 3 aromatic carbocycles. The van der Waals surface area contributed by atoms with Gasteiger partial charge in [0.1, 0.15) is 0 Å². The monoisotopic (exact) mass is 386 g/mol. The van der Waals surface area contributed by atoms with Crippen molar-refractivity contribution in [2.45, 2.75) is 20.8 Å². The summed E-state index contributed by atoms with van der Waals surface area (Å²) < 4.78 is 0. The zero-order valence-corrected chi connectivity index (χ0v) is 16.6. The minimum absolute atomic E-state index is 0.0691. The number of ketones is 1. The third kappa shape index (κ3) is 4.76. The van der Waals surface area contributed by atoms with E-state index in [0.29, 0.717) is 22.4 Å². The first-order valence-corrected chi connectivity index (χ1v) is 9.25. The second-order valence-electron chi connectivity index (χ2n) is 6.89. The Kier molecular flexibility index (Phi) is 5.88. The Morgan fingerprint density at radius 1 is 0.655 bits per heavy atom. The van der Waals surface area contributed by atoms with Gasteiger partial charge in [0.2, 0.25) is 0 Å². The van der Waals surface area contributed by atoms with Crippen LogP contribution in [0.15, 0.2) is 66.7 Å². The lowest BCUT2D eigenvalue weighted by molar-refractivity contribution is 0.101. The standard InChI is InChI=1S/C24H22N2O3/c1-15-6-4-7-16(2)22(15)26-24(29)19-12-10-18(11-13-19)23(28)25-21-9-5-8-20(14-21)17(3)27/h4-14H,1-3H3,(H,25,28)(H,26,29). The van der Waals surface area contributed by atoms with Crippen LogP contribution >= 0.6 is 0 Å². The fourth-order valence-corrected chi connectivity index (χ4v) is 2.99. The number of anilines is 2. The predicted octanol–water partition coefficient (Wildman–Crippen LogP) is 5.01. The predicted molar refractivity (Wildman–Crippen MR) is 115 cm³/mol. The van der Waals surface area contributed by atoms with Crippen LogP contribution in [0.3, 0.4) is 0 Å². The van der Waals surface area contributed by atoms with Crippen LogP contribution in [0, 0.1) is 13.8 Å². The summed E-state index contributed by atoms with van der Waals surface area (Å²) in [7, 11) is 0. The molecule has 0 aromatic heterocycles. The summed E-state index contributed by atoms with van der Waals surface area (Å²) in [5.74, 6) is -0.615. The Hall–Kier alpha value is -3.73. The number of carbonyl (C=O) groups excluding carboxylic acids is 3. The first-order valence-electron chi connectivity index (χ1n) is 9.25. The summed E-state index contributed by atoms with van der Waals surface area (Å²) in [4.78, 5) is 36.5. The van der Waals surface area contributed by atoms with E-state index in [-0.39, 0.29) is 17.6 Å². The molecule has 0 aliphatic rings. The molecular weight excluding hydrogens is 364 g/mol. The summed E-state index contributed by atoms with van der Waals surface area (Å²) >= 11 is 0. The number of hydrogen-bond acceptors (Lipinski definition) is 3. The molecule has 0 saturated carbocycles. The first-order chi connectivity index (χ1) is 13.8. The molecule has 0 heterocycles. The second kappa shape index (κ2) is 8.52. The molecule has 5 nitrogen and oxygen atoms in total. The average molecular weight is 386 g/mol. The molecule has 146 valence electrons. The van der Waals surface area contributed by atoms with Crippen LogP contribution in [0.25, 0.3) is 0 Å². The van der Waals surface area contributed by atoms with Gasteiger partial charge in [0, 0.05) is 28.1 Å². The molecule has 2 N–H and O–H groups in total. The summed E-state index contributed by atoms with van der Waals surface area (Å²) in [6, 6.07) is 19.0. The molecule has 2 amide bonds. The van der Waals surface area contributed by atoms with Crippen molar-refractivity contribution in [2.75, 3.05) is 10.6 Å². The number of carbonyl (C=O) groups is 3. The van der Waals surface area contributed by atoms with Crippen LogP contribution < -0.4 is 10.6 Å². The summed E-state index contributed by atoms with van der Waals surface area (Å²) in [6.45, 7) is 5.36. The van der Waals surface area contributed by atoms with Gasteiger partial charge in [0.25, 0.3) is 11.8 Å². The number of Topliss-reactive ketones (excluding diaryl/α,β-unsaturated/α-hetero) is 1. The number of hydrogen-bond donors (Lipinski definition) is 2. The maximum Gasteiger partial charge on any atom is 0.255 e. The lowest BCUT2D eigenvalue weighted by Gasteiger charge is -2.12. The highest BCUT2D eigenvalue weighted by Crippen LogP contribution is 2.20. The van der Waals surface area contributed by atoms with Crippen molar-refractivity contribution >= 4 is 29.0 Å². The van der Waals surface area contributed by atoms with Gasteiger partial charge >= 0.3 is 0 Å². The Morgan fingerprint density at radius 3 is 1.72 bits per heavy atom. The molecule has 0 aliphatic carbocycles. The Bertz CT molecular complexity index is 1070. The van der Waals surface area contributed by atoms with E-state index in [1.54, 1.807) is 48.5 Å². The van der Waals surface area contributed by atoms with Gasteiger partial charge in [-0.1, -0.05) is 30.3 Å². The summed E-state index contributed by atoms with van der Waals surface area (Å²) in [5, 5.41) is 5.69. The molecule has 0 aliphatic heterocycles. The molecule has 3 aromatic rings. The molecule has 0 saturated heterocycles. The van der Waals surface area contributed by atoms with Crippen molar-refractivity contribution in [3.8, 4) is 0 Å². The fourth-order valence-electron chi connectivity index (χ4n) is 2.99. The lowest BCUT2D eigenvalue weighted by atomic mass is 10.1. The van der Waals surface area contributed by atoms with Crippen molar-refractivity contribution in [3.63, 3.8) is 0 Å². The minimum Gasteiger partial charge on any atom is -0.322 e. The first kappa shape index (κ1) is 20.0. The zero-order chi connectivity index (χ0) is 21.0. The number of amides is 2. The molecule has 0 fully saturated rings. The van der Waals surface area contributed by atoms with Crippen molar-refractivity contribution in [1.29, 1.82) is 0 Å². The molecule has 0 spiro atoms. The van der Waals surface area contributed by atoms with Crippen LogP contribution in [0.1, 0.15) is 49.1 Å². The normalized spacial score (nSPS) is 10.3. The van der Waals surface area contributed by atoms with Gasteiger partial charge in [-0.15, -0.1) is 0 Å². The van der Waals surface area contributed by atoms with E-state index in [0.717, 1.165) is 16.8 Å². The smallest absolute Gasteiger partial charge is 0.255 e.